The Kier molecular flexibility index (Phi) is 4.07. The molecule has 0 spiro atoms. The molecule has 0 aliphatic heterocycles. The van der Waals surface area contributed by atoms with Gasteiger partial charge in [-0.25, -0.2) is 12.8 Å². The summed E-state index contributed by atoms with van der Waals surface area (Å²) in [5, 5.41) is 0.471. The Morgan fingerprint density at radius 3 is 2.53 bits per heavy atom. The zero-order valence-corrected chi connectivity index (χ0v) is 11.4. The zero-order valence-electron chi connectivity index (χ0n) is 9.81. The van der Waals surface area contributed by atoms with Gasteiger partial charge in [0.15, 0.2) is 0 Å². The molecule has 100 valence electrons. The largest absolute Gasteiger partial charge is 0.283 e. The lowest BCUT2D eigenvalue weighted by Crippen LogP contribution is -2.15. The minimum Gasteiger partial charge on any atom is -0.283 e. The van der Waals surface area contributed by atoms with Gasteiger partial charge in [-0.1, -0.05) is 29.8 Å². The molecule has 0 atom stereocenters. The van der Waals surface area contributed by atoms with Gasteiger partial charge in [0.05, 0.1) is 11.4 Å². The van der Waals surface area contributed by atoms with Gasteiger partial charge in [0.1, 0.15) is 5.82 Å². The first-order valence-corrected chi connectivity index (χ1v) is 7.48. The third-order valence-electron chi connectivity index (χ3n) is 2.34. The van der Waals surface area contributed by atoms with Crippen LogP contribution in [0, 0.1) is 5.82 Å². The number of hydrogen-bond donors (Lipinski definition) is 1. The lowest BCUT2D eigenvalue weighted by Gasteiger charge is -2.08. The van der Waals surface area contributed by atoms with E-state index in [-0.39, 0.29) is 11.4 Å². The highest BCUT2D eigenvalue weighted by molar-refractivity contribution is 7.91. The summed E-state index contributed by atoms with van der Waals surface area (Å²) in [6.45, 7) is 0. The van der Waals surface area contributed by atoms with Crippen LogP contribution in [-0.4, -0.2) is 8.42 Å². The SMILES string of the molecule is O=S(=O)(Cc1cccc(Cl)c1)Nc1cccc(F)c1. The maximum Gasteiger partial charge on any atom is 0.236 e. The first-order chi connectivity index (χ1) is 8.94. The van der Waals surface area contributed by atoms with Crippen LogP contribution in [0.15, 0.2) is 48.5 Å². The van der Waals surface area contributed by atoms with Gasteiger partial charge < -0.3 is 0 Å². The van der Waals surface area contributed by atoms with Crippen molar-refractivity contribution in [1.29, 1.82) is 0 Å². The fourth-order valence-electron chi connectivity index (χ4n) is 1.61. The highest BCUT2D eigenvalue weighted by Crippen LogP contribution is 2.16. The predicted molar refractivity (Wildman–Crippen MR) is 74.1 cm³/mol. The summed E-state index contributed by atoms with van der Waals surface area (Å²) in [6.07, 6.45) is 0. The number of hydrogen-bond acceptors (Lipinski definition) is 2. The maximum absolute atomic E-state index is 13.0. The van der Waals surface area contributed by atoms with Gasteiger partial charge in [-0.05, 0) is 35.9 Å². The van der Waals surface area contributed by atoms with E-state index in [9.17, 15) is 12.8 Å². The standard InChI is InChI=1S/C13H11ClFNO2S/c14-11-4-1-3-10(7-11)9-19(17,18)16-13-6-2-5-12(15)8-13/h1-8,16H,9H2. The summed E-state index contributed by atoms with van der Waals surface area (Å²) >= 11 is 5.79. The fourth-order valence-corrected chi connectivity index (χ4v) is 3.00. The summed E-state index contributed by atoms with van der Waals surface area (Å²) in [4.78, 5) is 0. The van der Waals surface area contributed by atoms with E-state index < -0.39 is 15.8 Å². The summed E-state index contributed by atoms with van der Waals surface area (Å²) in [5.41, 5.74) is 0.762. The van der Waals surface area contributed by atoms with Gasteiger partial charge in [0.25, 0.3) is 0 Å². The van der Waals surface area contributed by atoms with Crippen molar-refractivity contribution in [2.24, 2.45) is 0 Å². The fraction of sp³-hybridized carbons (Fsp3) is 0.0769. The molecule has 2 aromatic carbocycles. The van der Waals surface area contributed by atoms with Gasteiger partial charge >= 0.3 is 0 Å². The summed E-state index contributed by atoms with van der Waals surface area (Å²) in [7, 11) is -3.60. The van der Waals surface area contributed by atoms with Crippen LogP contribution in [0.25, 0.3) is 0 Å². The summed E-state index contributed by atoms with van der Waals surface area (Å²) in [5.74, 6) is -0.715. The number of nitrogens with one attached hydrogen (secondary N) is 1. The molecule has 0 fully saturated rings. The molecule has 3 nitrogen and oxygen atoms in total. The van der Waals surface area contributed by atoms with Crippen LogP contribution < -0.4 is 4.72 Å². The molecule has 1 N–H and O–H groups in total. The molecule has 0 aliphatic rings. The zero-order chi connectivity index (χ0) is 13.9. The Bertz CT molecular complexity index is 635. The van der Waals surface area contributed by atoms with E-state index >= 15 is 0 Å². The minimum absolute atomic E-state index is 0.196. The Morgan fingerprint density at radius 1 is 1.11 bits per heavy atom. The first-order valence-electron chi connectivity index (χ1n) is 5.45. The quantitative estimate of drug-likeness (QED) is 0.940. The Balaban J connectivity index is 2.15. The van der Waals surface area contributed by atoms with E-state index in [0.29, 0.717) is 10.6 Å². The lowest BCUT2D eigenvalue weighted by atomic mass is 10.2. The van der Waals surface area contributed by atoms with E-state index in [4.69, 9.17) is 11.6 Å². The van der Waals surface area contributed by atoms with E-state index in [1.165, 1.54) is 18.2 Å². The molecular weight excluding hydrogens is 289 g/mol. The Hall–Kier alpha value is -1.59. The molecule has 0 saturated carbocycles. The van der Waals surface area contributed by atoms with Crippen molar-refractivity contribution in [3.8, 4) is 0 Å². The molecular formula is C13H11ClFNO2S. The van der Waals surface area contributed by atoms with E-state index in [2.05, 4.69) is 4.72 Å². The number of anilines is 1. The molecule has 0 amide bonds. The van der Waals surface area contributed by atoms with Crippen LogP contribution >= 0.6 is 11.6 Å². The van der Waals surface area contributed by atoms with E-state index in [1.54, 1.807) is 24.3 Å². The van der Waals surface area contributed by atoms with Gasteiger partial charge in [0, 0.05) is 5.02 Å². The van der Waals surface area contributed by atoms with Crippen LogP contribution in [-0.2, 0) is 15.8 Å². The molecule has 0 saturated heterocycles. The van der Waals surface area contributed by atoms with Gasteiger partial charge in [-0.3, -0.25) is 4.72 Å². The molecule has 0 radical (unpaired) electrons. The third-order valence-corrected chi connectivity index (χ3v) is 3.84. The Morgan fingerprint density at radius 2 is 1.84 bits per heavy atom. The van der Waals surface area contributed by atoms with E-state index in [0.717, 1.165) is 6.07 Å². The molecule has 0 unspecified atom stereocenters. The van der Waals surface area contributed by atoms with Crippen molar-refractivity contribution in [3.05, 3.63) is 64.9 Å². The minimum atomic E-state index is -3.60. The average Bonchev–Trinajstić information content (AvgIpc) is 2.27. The molecule has 0 aliphatic carbocycles. The monoisotopic (exact) mass is 299 g/mol. The summed E-state index contributed by atoms with van der Waals surface area (Å²) in [6, 6.07) is 11.9. The second kappa shape index (κ2) is 5.59. The molecule has 0 bridgehead atoms. The number of halogens is 2. The van der Waals surface area contributed by atoms with Crippen molar-refractivity contribution >= 4 is 27.3 Å². The Labute approximate surface area is 116 Å². The van der Waals surface area contributed by atoms with Crippen LogP contribution in [0.1, 0.15) is 5.56 Å². The van der Waals surface area contributed by atoms with Crippen molar-refractivity contribution in [2.45, 2.75) is 5.75 Å². The van der Waals surface area contributed by atoms with Crippen molar-refractivity contribution in [2.75, 3.05) is 4.72 Å². The molecule has 6 heteroatoms. The van der Waals surface area contributed by atoms with Crippen LogP contribution in [0.4, 0.5) is 10.1 Å². The van der Waals surface area contributed by atoms with Gasteiger partial charge in [-0.15, -0.1) is 0 Å². The number of sulfonamides is 1. The maximum atomic E-state index is 13.0. The van der Waals surface area contributed by atoms with Crippen molar-refractivity contribution in [1.82, 2.24) is 0 Å². The highest BCUT2D eigenvalue weighted by Gasteiger charge is 2.12. The number of benzene rings is 2. The molecule has 2 aromatic rings. The van der Waals surface area contributed by atoms with Crippen LogP contribution in [0.2, 0.25) is 5.02 Å². The molecule has 19 heavy (non-hydrogen) atoms. The van der Waals surface area contributed by atoms with Crippen LogP contribution in [0.3, 0.4) is 0 Å². The second-order valence-corrected chi connectivity index (χ2v) is 6.16. The molecule has 0 heterocycles. The van der Waals surface area contributed by atoms with Crippen LogP contribution in [0.5, 0.6) is 0 Å². The average molecular weight is 300 g/mol. The molecule has 0 aromatic heterocycles. The van der Waals surface area contributed by atoms with Gasteiger partial charge in [-0.2, -0.15) is 0 Å². The summed E-state index contributed by atoms with van der Waals surface area (Å²) < 4.78 is 39.1. The van der Waals surface area contributed by atoms with Crippen molar-refractivity contribution in [3.63, 3.8) is 0 Å². The first kappa shape index (κ1) is 13.8. The van der Waals surface area contributed by atoms with Gasteiger partial charge in [0.2, 0.25) is 10.0 Å². The van der Waals surface area contributed by atoms with E-state index in [1.807, 2.05) is 0 Å². The number of rotatable bonds is 4. The topological polar surface area (TPSA) is 46.2 Å². The third kappa shape index (κ3) is 4.22. The smallest absolute Gasteiger partial charge is 0.236 e. The molecule has 2 rings (SSSR count). The highest BCUT2D eigenvalue weighted by atomic mass is 35.5. The normalized spacial score (nSPS) is 11.3. The second-order valence-electron chi connectivity index (χ2n) is 4.00. The van der Waals surface area contributed by atoms with Crippen molar-refractivity contribution < 1.29 is 12.8 Å². The lowest BCUT2D eigenvalue weighted by molar-refractivity contribution is 0.600. The predicted octanol–water partition coefficient (Wildman–Crippen LogP) is 3.42.